The van der Waals surface area contributed by atoms with E-state index in [-0.39, 0.29) is 23.3 Å². The second kappa shape index (κ2) is 9.31. The average Bonchev–Trinajstić information content (AvgIpc) is 3.26. The lowest BCUT2D eigenvalue weighted by atomic mass is 10.0. The van der Waals surface area contributed by atoms with Crippen LogP contribution in [0.2, 0.25) is 0 Å². The number of benzene rings is 2. The summed E-state index contributed by atoms with van der Waals surface area (Å²) in [5, 5.41) is 19.1. The van der Waals surface area contributed by atoms with Crippen LogP contribution in [0.25, 0.3) is 0 Å². The molecule has 0 bridgehead atoms. The van der Waals surface area contributed by atoms with Crippen LogP contribution in [0.5, 0.6) is 5.75 Å². The largest absolute Gasteiger partial charge is 0.495 e. The number of non-ortho nitro benzene ring substituents is 1. The molecule has 0 fully saturated rings. The van der Waals surface area contributed by atoms with Crippen molar-refractivity contribution in [1.29, 1.82) is 0 Å². The van der Waals surface area contributed by atoms with Crippen molar-refractivity contribution >= 4 is 28.6 Å². The van der Waals surface area contributed by atoms with E-state index in [1.165, 1.54) is 25.3 Å². The van der Waals surface area contributed by atoms with Gasteiger partial charge in [0.1, 0.15) is 5.75 Å². The number of hydrogen-bond acceptors (Lipinski definition) is 6. The highest BCUT2D eigenvalue weighted by molar-refractivity contribution is 7.10. The quantitative estimate of drug-likeness (QED) is 0.424. The van der Waals surface area contributed by atoms with Gasteiger partial charge >= 0.3 is 0 Å². The van der Waals surface area contributed by atoms with Gasteiger partial charge in [0.2, 0.25) is 5.91 Å². The van der Waals surface area contributed by atoms with Gasteiger partial charge in [0.15, 0.2) is 0 Å². The second-order valence-corrected chi connectivity index (χ2v) is 7.36. The highest BCUT2D eigenvalue weighted by Gasteiger charge is 2.23. The normalized spacial score (nSPS) is 12.8. The fourth-order valence-corrected chi connectivity index (χ4v) is 3.73. The van der Waals surface area contributed by atoms with Gasteiger partial charge in [-0.25, -0.2) is 0 Å². The molecule has 1 heterocycles. The summed E-state index contributed by atoms with van der Waals surface area (Å²) in [5.74, 6) is 0.0373. The van der Waals surface area contributed by atoms with Crippen LogP contribution in [-0.2, 0) is 4.79 Å². The van der Waals surface area contributed by atoms with Crippen molar-refractivity contribution < 1.29 is 14.5 Å². The van der Waals surface area contributed by atoms with E-state index in [9.17, 15) is 14.9 Å². The summed E-state index contributed by atoms with van der Waals surface area (Å²) in [6, 6.07) is 17.2. The average molecular weight is 411 g/mol. The lowest BCUT2D eigenvalue weighted by Crippen LogP contribution is -2.40. The summed E-state index contributed by atoms with van der Waals surface area (Å²) >= 11 is 1.61. The third-order valence-electron chi connectivity index (χ3n) is 4.42. The van der Waals surface area contributed by atoms with Gasteiger partial charge in [-0.05, 0) is 30.0 Å². The fraction of sp³-hybridized carbons (Fsp3) is 0.190. The Labute approximate surface area is 172 Å². The van der Waals surface area contributed by atoms with Crippen LogP contribution < -0.4 is 15.4 Å². The number of thiophene rings is 1. The fourth-order valence-electron chi connectivity index (χ4n) is 2.92. The Balaban J connectivity index is 1.79. The molecule has 0 aliphatic carbocycles. The van der Waals surface area contributed by atoms with Gasteiger partial charge < -0.3 is 10.1 Å². The van der Waals surface area contributed by atoms with Gasteiger partial charge in [-0.3, -0.25) is 20.2 Å². The van der Waals surface area contributed by atoms with Gasteiger partial charge in [-0.2, -0.15) is 0 Å². The summed E-state index contributed by atoms with van der Waals surface area (Å²) in [5.41, 5.74) is 1.18. The van der Waals surface area contributed by atoms with E-state index in [1.54, 1.807) is 18.3 Å². The molecule has 0 spiro atoms. The Morgan fingerprint density at radius 2 is 1.90 bits per heavy atom. The van der Waals surface area contributed by atoms with Crippen molar-refractivity contribution in [2.75, 3.05) is 12.4 Å². The predicted octanol–water partition coefficient (Wildman–Crippen LogP) is 4.37. The summed E-state index contributed by atoms with van der Waals surface area (Å²) in [6.45, 7) is 1.75. The molecule has 0 saturated carbocycles. The van der Waals surface area contributed by atoms with Crippen molar-refractivity contribution in [3.63, 3.8) is 0 Å². The Kier molecular flexibility index (Phi) is 6.58. The van der Waals surface area contributed by atoms with Crippen LogP contribution in [0.1, 0.15) is 23.4 Å². The van der Waals surface area contributed by atoms with Crippen LogP contribution in [0, 0.1) is 10.1 Å². The van der Waals surface area contributed by atoms with Crippen molar-refractivity contribution in [2.24, 2.45) is 0 Å². The Bertz CT molecular complexity index is 977. The first-order valence-corrected chi connectivity index (χ1v) is 9.85. The molecule has 7 nitrogen and oxygen atoms in total. The summed E-state index contributed by atoms with van der Waals surface area (Å²) in [6.07, 6.45) is 0. The molecule has 3 aromatic rings. The number of methoxy groups -OCH3 is 1. The summed E-state index contributed by atoms with van der Waals surface area (Å²) in [7, 11) is 1.45. The number of carbonyl (C=O) groups excluding carboxylic acids is 1. The molecule has 0 aliphatic rings. The molecular formula is C21H21N3O4S. The number of nitro benzene ring substituents is 1. The molecule has 8 heteroatoms. The van der Waals surface area contributed by atoms with Gasteiger partial charge in [-0.1, -0.05) is 36.4 Å². The Morgan fingerprint density at radius 3 is 2.52 bits per heavy atom. The van der Waals surface area contributed by atoms with Crippen LogP contribution in [0.15, 0.2) is 66.0 Å². The predicted molar refractivity (Wildman–Crippen MR) is 113 cm³/mol. The molecule has 0 unspecified atom stereocenters. The third-order valence-corrected chi connectivity index (χ3v) is 5.36. The Morgan fingerprint density at radius 1 is 1.14 bits per heavy atom. The van der Waals surface area contributed by atoms with Crippen molar-refractivity contribution in [2.45, 2.75) is 19.0 Å². The molecule has 0 saturated heterocycles. The van der Waals surface area contributed by atoms with Crippen LogP contribution in [-0.4, -0.2) is 24.0 Å². The number of ether oxygens (including phenoxy) is 1. The minimum Gasteiger partial charge on any atom is -0.495 e. The number of anilines is 1. The number of rotatable bonds is 8. The lowest BCUT2D eigenvalue weighted by Gasteiger charge is -2.23. The molecule has 0 aliphatic heterocycles. The monoisotopic (exact) mass is 411 g/mol. The molecule has 0 radical (unpaired) electrons. The SMILES string of the molecule is COc1ccc([N+](=O)[O-])cc1NC(=O)[C@@H](C)N[C@@H](c1ccccc1)c1cccs1. The highest BCUT2D eigenvalue weighted by Crippen LogP contribution is 2.30. The van der Waals surface area contributed by atoms with Crippen LogP contribution in [0.3, 0.4) is 0 Å². The highest BCUT2D eigenvalue weighted by atomic mass is 32.1. The van der Waals surface area contributed by atoms with E-state index < -0.39 is 11.0 Å². The minimum atomic E-state index is -0.564. The molecule has 29 heavy (non-hydrogen) atoms. The molecule has 2 N–H and O–H groups in total. The zero-order chi connectivity index (χ0) is 20.8. The third kappa shape index (κ3) is 4.98. The zero-order valence-electron chi connectivity index (χ0n) is 16.0. The first-order valence-electron chi connectivity index (χ1n) is 8.97. The molecule has 3 rings (SSSR count). The molecule has 2 atom stereocenters. The van der Waals surface area contributed by atoms with E-state index in [0.29, 0.717) is 5.75 Å². The van der Waals surface area contributed by atoms with Crippen LogP contribution >= 0.6 is 11.3 Å². The van der Waals surface area contributed by atoms with E-state index in [4.69, 9.17) is 4.74 Å². The number of nitro groups is 1. The zero-order valence-corrected chi connectivity index (χ0v) is 16.8. The summed E-state index contributed by atoms with van der Waals surface area (Å²) < 4.78 is 5.21. The maximum Gasteiger partial charge on any atom is 0.271 e. The number of carbonyl (C=O) groups is 1. The number of hydrogen-bond donors (Lipinski definition) is 2. The van der Waals surface area contributed by atoms with Crippen molar-refractivity contribution in [3.8, 4) is 5.75 Å². The summed E-state index contributed by atoms with van der Waals surface area (Å²) in [4.78, 5) is 24.4. The van der Waals surface area contributed by atoms with E-state index in [0.717, 1.165) is 10.4 Å². The lowest BCUT2D eigenvalue weighted by molar-refractivity contribution is -0.384. The van der Waals surface area contributed by atoms with E-state index >= 15 is 0 Å². The Hall–Kier alpha value is -3.23. The first-order chi connectivity index (χ1) is 14.0. The molecular weight excluding hydrogens is 390 g/mol. The smallest absolute Gasteiger partial charge is 0.271 e. The van der Waals surface area contributed by atoms with Gasteiger partial charge in [-0.15, -0.1) is 11.3 Å². The number of nitrogens with zero attached hydrogens (tertiary/aromatic N) is 1. The van der Waals surface area contributed by atoms with Crippen LogP contribution in [0.4, 0.5) is 11.4 Å². The van der Waals surface area contributed by atoms with Gasteiger partial charge in [0.05, 0.1) is 29.8 Å². The number of nitrogens with one attached hydrogen (secondary N) is 2. The number of amides is 1. The second-order valence-electron chi connectivity index (χ2n) is 6.38. The standard InChI is InChI=1S/C21H21N3O4S/c1-14(21(25)23-17-13-16(24(26)27)10-11-18(17)28-2)22-20(19-9-6-12-29-19)15-7-4-3-5-8-15/h3-14,20,22H,1-2H3,(H,23,25)/t14-,20+/m1/s1. The van der Waals surface area contributed by atoms with E-state index in [1.807, 2.05) is 47.8 Å². The van der Waals surface area contributed by atoms with Gasteiger partial charge in [0.25, 0.3) is 5.69 Å². The van der Waals surface area contributed by atoms with E-state index in [2.05, 4.69) is 10.6 Å². The topological polar surface area (TPSA) is 93.5 Å². The van der Waals surface area contributed by atoms with Crippen molar-refractivity contribution in [1.82, 2.24) is 5.32 Å². The minimum absolute atomic E-state index is 0.123. The maximum atomic E-state index is 12.8. The maximum absolute atomic E-state index is 12.8. The molecule has 2 aromatic carbocycles. The molecule has 1 aromatic heterocycles. The first kappa shape index (κ1) is 20.5. The molecule has 1 amide bonds. The van der Waals surface area contributed by atoms with Crippen molar-refractivity contribution in [3.05, 3.63) is 86.6 Å². The molecule has 150 valence electrons. The van der Waals surface area contributed by atoms with Gasteiger partial charge in [0, 0.05) is 17.0 Å².